The van der Waals surface area contributed by atoms with E-state index in [1.807, 2.05) is 11.0 Å². The van der Waals surface area contributed by atoms with Crippen LogP contribution in [-0.4, -0.2) is 61.5 Å². The summed E-state index contributed by atoms with van der Waals surface area (Å²) in [7, 11) is 0. The highest BCUT2D eigenvalue weighted by atomic mass is 127. The van der Waals surface area contributed by atoms with Gasteiger partial charge in [0.2, 0.25) is 0 Å². The van der Waals surface area contributed by atoms with Crippen LogP contribution in [0.5, 0.6) is 0 Å². The number of amides is 1. The zero-order valence-corrected chi connectivity index (χ0v) is 20.0. The molecule has 1 aliphatic rings. The van der Waals surface area contributed by atoms with Gasteiger partial charge in [0.05, 0.1) is 46.3 Å². The lowest BCUT2D eigenvalue weighted by molar-refractivity contribution is -0.0362. The summed E-state index contributed by atoms with van der Waals surface area (Å²) in [4.78, 5) is 19.8. The molecular weight excluding hydrogens is 563 g/mol. The minimum absolute atomic E-state index is 0.0590. The first-order chi connectivity index (χ1) is 14.8. The molecule has 1 fully saturated rings. The van der Waals surface area contributed by atoms with E-state index >= 15 is 0 Å². The fourth-order valence-corrected chi connectivity index (χ4v) is 4.03. The number of aliphatic hydroxyl groups excluding tert-OH is 1. The number of ether oxygens (including phenoxy) is 1. The third-order valence-electron chi connectivity index (χ3n) is 4.52. The van der Waals surface area contributed by atoms with Gasteiger partial charge in [-0.1, -0.05) is 23.2 Å². The van der Waals surface area contributed by atoms with Gasteiger partial charge in [0.15, 0.2) is 0 Å². The standard InChI is InChI=1S/C20H21Cl2FIN3O4/c21-15-8-14(19(9-17(15)23)25-18-2-1-12(24)7-16(18)22)20(29)26-31-11-13(28)10-27-3-5-30-6-4-27/h1-2,7-9,13,25,28H,3-6,10-11H2,(H,26,29). The van der Waals surface area contributed by atoms with Gasteiger partial charge >= 0.3 is 0 Å². The first kappa shape index (κ1) is 24.4. The first-order valence-corrected chi connectivity index (χ1v) is 11.3. The monoisotopic (exact) mass is 583 g/mol. The number of benzene rings is 2. The van der Waals surface area contributed by atoms with Crippen molar-refractivity contribution < 1.29 is 23.9 Å². The molecule has 1 aliphatic heterocycles. The van der Waals surface area contributed by atoms with E-state index in [9.17, 15) is 14.3 Å². The SMILES string of the molecule is O=C(NOCC(O)CN1CCOCC1)c1cc(Cl)c(F)cc1Nc1ccc(I)cc1Cl. The van der Waals surface area contributed by atoms with Crippen LogP contribution in [0.3, 0.4) is 0 Å². The average Bonchev–Trinajstić information content (AvgIpc) is 2.73. The van der Waals surface area contributed by atoms with Crippen LogP contribution in [0, 0.1) is 9.39 Å². The molecule has 1 amide bonds. The third-order valence-corrected chi connectivity index (χ3v) is 5.79. The molecule has 0 spiro atoms. The molecule has 1 atom stereocenters. The van der Waals surface area contributed by atoms with Gasteiger partial charge < -0.3 is 15.2 Å². The van der Waals surface area contributed by atoms with E-state index in [0.29, 0.717) is 30.5 Å². The van der Waals surface area contributed by atoms with Gasteiger partial charge in [-0.05, 0) is 52.9 Å². The minimum atomic E-state index is -0.793. The van der Waals surface area contributed by atoms with E-state index in [4.69, 9.17) is 32.8 Å². The smallest absolute Gasteiger partial charge is 0.277 e. The van der Waals surface area contributed by atoms with Gasteiger partial charge in [-0.15, -0.1) is 0 Å². The van der Waals surface area contributed by atoms with E-state index in [-0.39, 0.29) is 22.9 Å². The number of hydrogen-bond donors (Lipinski definition) is 3. The summed E-state index contributed by atoms with van der Waals surface area (Å²) in [5, 5.41) is 13.3. The second-order valence-corrected chi connectivity index (χ2v) is 8.93. The van der Waals surface area contributed by atoms with E-state index in [2.05, 4.69) is 33.4 Å². The summed E-state index contributed by atoms with van der Waals surface area (Å²) >= 11 is 14.2. The number of rotatable bonds is 8. The maximum atomic E-state index is 14.1. The number of hydrogen-bond acceptors (Lipinski definition) is 6. The highest BCUT2D eigenvalue weighted by Gasteiger charge is 2.19. The Kier molecular flexibility index (Phi) is 9.14. The molecule has 3 N–H and O–H groups in total. The molecular formula is C20H21Cl2FIN3O4. The van der Waals surface area contributed by atoms with E-state index in [0.717, 1.165) is 22.7 Å². The Balaban J connectivity index is 1.63. The normalized spacial score (nSPS) is 15.5. The quantitative estimate of drug-likeness (QED) is 0.324. The van der Waals surface area contributed by atoms with Gasteiger partial charge in [-0.2, -0.15) is 0 Å². The number of nitrogens with zero attached hydrogens (tertiary/aromatic N) is 1. The number of carbonyl (C=O) groups is 1. The lowest BCUT2D eigenvalue weighted by atomic mass is 10.1. The number of halogens is 4. The van der Waals surface area contributed by atoms with Crippen molar-refractivity contribution in [1.29, 1.82) is 0 Å². The number of nitrogens with one attached hydrogen (secondary N) is 2. The van der Waals surface area contributed by atoms with Crippen LogP contribution in [0.4, 0.5) is 15.8 Å². The Labute approximate surface area is 202 Å². The summed E-state index contributed by atoms with van der Waals surface area (Å²) in [6.45, 7) is 3.00. The van der Waals surface area contributed by atoms with Crippen molar-refractivity contribution >= 4 is 63.1 Å². The van der Waals surface area contributed by atoms with Gasteiger partial charge in [0.25, 0.3) is 5.91 Å². The molecule has 0 bridgehead atoms. The van der Waals surface area contributed by atoms with E-state index < -0.39 is 17.8 Å². The second-order valence-electron chi connectivity index (χ2n) is 6.87. The molecule has 1 unspecified atom stereocenters. The number of morpholine rings is 1. The summed E-state index contributed by atoms with van der Waals surface area (Å²) in [5.74, 6) is -1.34. The van der Waals surface area contributed by atoms with Gasteiger partial charge in [0, 0.05) is 23.2 Å². The van der Waals surface area contributed by atoms with Crippen LogP contribution in [0.2, 0.25) is 10.0 Å². The van der Waals surface area contributed by atoms with Crippen LogP contribution in [0.25, 0.3) is 0 Å². The van der Waals surface area contributed by atoms with Crippen molar-refractivity contribution in [1.82, 2.24) is 10.4 Å². The zero-order chi connectivity index (χ0) is 22.4. The lowest BCUT2D eigenvalue weighted by Crippen LogP contribution is -2.42. The fourth-order valence-electron chi connectivity index (χ4n) is 2.97. The lowest BCUT2D eigenvalue weighted by Gasteiger charge is -2.28. The number of β-amino-alcohol motifs (C(OH)–C–C–N with tert-alkyl or cyclic N) is 1. The Morgan fingerprint density at radius 1 is 1.23 bits per heavy atom. The van der Waals surface area contributed by atoms with Crippen molar-refractivity contribution in [2.75, 3.05) is 44.8 Å². The molecule has 0 radical (unpaired) electrons. The highest BCUT2D eigenvalue weighted by Crippen LogP contribution is 2.31. The fraction of sp³-hybridized carbons (Fsp3) is 0.350. The molecule has 1 saturated heterocycles. The second kappa shape index (κ2) is 11.6. The summed E-state index contributed by atoms with van der Waals surface area (Å²) in [6.07, 6.45) is -0.793. The number of anilines is 2. The topological polar surface area (TPSA) is 83.1 Å². The summed E-state index contributed by atoms with van der Waals surface area (Å²) in [6, 6.07) is 7.58. The van der Waals surface area contributed by atoms with Crippen molar-refractivity contribution in [3.05, 3.63) is 55.3 Å². The number of hydroxylamine groups is 1. The van der Waals surface area contributed by atoms with E-state index in [1.165, 1.54) is 6.07 Å². The van der Waals surface area contributed by atoms with Crippen LogP contribution in [-0.2, 0) is 9.57 Å². The summed E-state index contributed by atoms with van der Waals surface area (Å²) < 4.78 is 20.2. The molecule has 31 heavy (non-hydrogen) atoms. The molecule has 0 aliphatic carbocycles. The van der Waals surface area contributed by atoms with Crippen molar-refractivity contribution in [2.24, 2.45) is 0 Å². The summed E-state index contributed by atoms with van der Waals surface area (Å²) in [5.41, 5.74) is 2.99. The average molecular weight is 584 g/mol. The molecule has 0 saturated carbocycles. The predicted octanol–water partition coefficient (Wildman–Crippen LogP) is 3.84. The Morgan fingerprint density at radius 2 is 1.97 bits per heavy atom. The number of carbonyl (C=O) groups excluding carboxylic acids is 1. The van der Waals surface area contributed by atoms with Crippen LogP contribution in [0.15, 0.2) is 30.3 Å². The first-order valence-electron chi connectivity index (χ1n) is 9.45. The van der Waals surface area contributed by atoms with Crippen molar-refractivity contribution in [3.63, 3.8) is 0 Å². The van der Waals surface area contributed by atoms with Crippen LogP contribution >= 0.6 is 45.8 Å². The van der Waals surface area contributed by atoms with E-state index in [1.54, 1.807) is 12.1 Å². The maximum Gasteiger partial charge on any atom is 0.277 e. The van der Waals surface area contributed by atoms with Gasteiger partial charge in [-0.25, -0.2) is 9.87 Å². The molecule has 3 rings (SSSR count). The Morgan fingerprint density at radius 3 is 2.68 bits per heavy atom. The zero-order valence-electron chi connectivity index (χ0n) is 16.3. The third kappa shape index (κ3) is 7.14. The molecule has 1 heterocycles. The van der Waals surface area contributed by atoms with Crippen LogP contribution < -0.4 is 10.8 Å². The molecule has 168 valence electrons. The van der Waals surface area contributed by atoms with Crippen molar-refractivity contribution in [2.45, 2.75) is 6.10 Å². The highest BCUT2D eigenvalue weighted by molar-refractivity contribution is 14.1. The predicted molar refractivity (Wildman–Crippen MR) is 126 cm³/mol. The molecule has 11 heteroatoms. The van der Waals surface area contributed by atoms with Crippen LogP contribution in [0.1, 0.15) is 10.4 Å². The molecule has 7 nitrogen and oxygen atoms in total. The van der Waals surface area contributed by atoms with Crippen molar-refractivity contribution in [3.8, 4) is 0 Å². The molecule has 2 aromatic rings. The van der Waals surface area contributed by atoms with Gasteiger partial charge in [-0.3, -0.25) is 14.5 Å². The maximum absolute atomic E-state index is 14.1. The number of aliphatic hydroxyl groups is 1. The molecule has 2 aromatic carbocycles. The largest absolute Gasteiger partial charge is 0.389 e. The minimum Gasteiger partial charge on any atom is -0.389 e. The Bertz CT molecular complexity index is 932. The molecule has 0 aromatic heterocycles. The Hall–Kier alpha value is -1.21. The van der Waals surface area contributed by atoms with Gasteiger partial charge in [0.1, 0.15) is 12.4 Å².